The van der Waals surface area contributed by atoms with Crippen molar-refractivity contribution in [2.45, 2.75) is 70.3 Å². The number of hydrogen-bond donors (Lipinski definition) is 1. The fraction of sp³-hybridized carbons (Fsp3) is 0.545. The minimum Gasteiger partial charge on any atom is -0.332 e. The van der Waals surface area contributed by atoms with E-state index in [9.17, 15) is 9.59 Å². The Kier molecular flexibility index (Phi) is 5.67. The number of nitrogens with zero attached hydrogens (tertiary/aromatic N) is 3. The number of unbranched alkanes of at least 4 members (excludes halogenated alkanes) is 1. The maximum absolute atomic E-state index is 13.6. The van der Waals surface area contributed by atoms with Crippen molar-refractivity contribution in [3.8, 4) is 0 Å². The van der Waals surface area contributed by atoms with Gasteiger partial charge in [-0.05, 0) is 37.8 Å². The highest BCUT2D eigenvalue weighted by atomic mass is 32.1. The van der Waals surface area contributed by atoms with Gasteiger partial charge in [-0.15, -0.1) is 10.2 Å². The molecule has 154 valence electrons. The lowest BCUT2D eigenvalue weighted by molar-refractivity contribution is -0.122. The number of carbonyl (C=O) groups is 2. The molecule has 2 aromatic rings. The topological polar surface area (TPSA) is 75.2 Å². The van der Waals surface area contributed by atoms with Crippen molar-refractivity contribution in [2.75, 3.05) is 11.9 Å². The van der Waals surface area contributed by atoms with Crippen LogP contribution in [0, 0.1) is 6.92 Å². The molecule has 1 spiro atoms. The molecule has 1 fully saturated rings. The van der Waals surface area contributed by atoms with Crippen LogP contribution in [-0.4, -0.2) is 39.0 Å². The summed E-state index contributed by atoms with van der Waals surface area (Å²) in [6.07, 6.45) is 6.93. The fourth-order valence-corrected chi connectivity index (χ4v) is 5.60. The Balaban J connectivity index is 1.80. The highest BCUT2D eigenvalue weighted by molar-refractivity contribution is 7.15. The van der Waals surface area contributed by atoms with Gasteiger partial charge in [0.2, 0.25) is 11.0 Å². The largest absolute Gasteiger partial charge is 0.332 e. The molecule has 1 aliphatic heterocycles. The number of aromatic nitrogens is 2. The second kappa shape index (κ2) is 8.22. The van der Waals surface area contributed by atoms with Crippen molar-refractivity contribution in [3.63, 3.8) is 0 Å². The molecular formula is C22H28N4O2S. The first-order valence-corrected chi connectivity index (χ1v) is 11.4. The molecule has 0 saturated heterocycles. The molecule has 1 aromatic heterocycles. The van der Waals surface area contributed by atoms with Crippen LogP contribution < -0.4 is 5.32 Å². The Labute approximate surface area is 175 Å². The van der Waals surface area contributed by atoms with E-state index in [-0.39, 0.29) is 11.8 Å². The molecule has 6 nitrogen and oxygen atoms in total. The molecule has 1 N–H and O–H groups in total. The molecule has 0 radical (unpaired) electrons. The SMILES string of the molecule is CCCCN1C(=O)c2ccccc2C(C(=O)Nc2nnc(C)s2)C12CCCCC2. The number of aryl methyl sites for hydroxylation is 1. The number of fused-ring (bicyclic) bond motifs is 1. The number of hydrogen-bond acceptors (Lipinski definition) is 5. The zero-order valence-corrected chi connectivity index (χ0v) is 17.9. The summed E-state index contributed by atoms with van der Waals surface area (Å²) in [6, 6.07) is 7.63. The molecule has 2 amide bonds. The van der Waals surface area contributed by atoms with E-state index in [4.69, 9.17) is 0 Å². The van der Waals surface area contributed by atoms with Crippen LogP contribution >= 0.6 is 11.3 Å². The summed E-state index contributed by atoms with van der Waals surface area (Å²) in [5, 5.41) is 12.4. The van der Waals surface area contributed by atoms with Crippen LogP contribution in [0.3, 0.4) is 0 Å². The van der Waals surface area contributed by atoms with E-state index in [1.165, 1.54) is 11.3 Å². The van der Waals surface area contributed by atoms with Gasteiger partial charge in [-0.3, -0.25) is 14.9 Å². The van der Waals surface area contributed by atoms with Gasteiger partial charge in [-0.2, -0.15) is 0 Å². The minimum absolute atomic E-state index is 0.0757. The number of benzene rings is 1. The molecule has 1 aromatic carbocycles. The van der Waals surface area contributed by atoms with Crippen LogP contribution in [0.2, 0.25) is 0 Å². The fourth-order valence-electron chi connectivity index (χ4n) is 5.01. The summed E-state index contributed by atoms with van der Waals surface area (Å²) in [5.74, 6) is -0.394. The first kappa shape index (κ1) is 20.0. The Bertz CT molecular complexity index is 904. The predicted molar refractivity (Wildman–Crippen MR) is 114 cm³/mol. The number of anilines is 1. The van der Waals surface area contributed by atoms with E-state index in [1.807, 2.05) is 36.1 Å². The van der Waals surface area contributed by atoms with Crippen LogP contribution in [0.1, 0.15) is 78.7 Å². The molecule has 29 heavy (non-hydrogen) atoms. The third kappa shape index (κ3) is 3.56. The molecule has 1 aliphatic carbocycles. The summed E-state index contributed by atoms with van der Waals surface area (Å²) in [4.78, 5) is 29.2. The quantitative estimate of drug-likeness (QED) is 0.783. The highest BCUT2D eigenvalue weighted by Gasteiger charge is 2.54. The number of nitrogens with one attached hydrogen (secondary N) is 1. The van der Waals surface area contributed by atoms with Crippen LogP contribution in [-0.2, 0) is 4.79 Å². The molecule has 0 bridgehead atoms. The summed E-state index contributed by atoms with van der Waals surface area (Å²) in [6.45, 7) is 4.71. The van der Waals surface area contributed by atoms with Gasteiger partial charge in [0, 0.05) is 12.1 Å². The monoisotopic (exact) mass is 412 g/mol. The number of rotatable bonds is 5. The second-order valence-electron chi connectivity index (χ2n) is 8.11. The summed E-state index contributed by atoms with van der Waals surface area (Å²) in [5.41, 5.74) is 1.06. The standard InChI is InChI=1S/C22H28N4O2S/c1-3-4-14-26-20(28)17-11-7-6-10-16(17)18(22(26)12-8-5-9-13-22)19(27)23-21-25-24-15(2)29-21/h6-7,10-11,18H,3-5,8-9,12-14H2,1-2H3,(H,23,25,27). The molecule has 2 heterocycles. The Morgan fingerprint density at radius 2 is 2.00 bits per heavy atom. The normalized spacial score (nSPS) is 20.6. The summed E-state index contributed by atoms with van der Waals surface area (Å²) >= 11 is 1.38. The maximum Gasteiger partial charge on any atom is 0.254 e. The van der Waals surface area contributed by atoms with Gasteiger partial charge in [-0.25, -0.2) is 0 Å². The Hall–Kier alpha value is -2.28. The van der Waals surface area contributed by atoms with Crippen molar-refractivity contribution in [2.24, 2.45) is 0 Å². The number of amides is 2. The summed E-state index contributed by atoms with van der Waals surface area (Å²) in [7, 11) is 0. The lowest BCUT2D eigenvalue weighted by atomic mass is 9.65. The van der Waals surface area contributed by atoms with Gasteiger partial charge in [0.1, 0.15) is 5.01 Å². The van der Waals surface area contributed by atoms with Gasteiger partial charge < -0.3 is 4.90 Å². The molecule has 1 saturated carbocycles. The van der Waals surface area contributed by atoms with Gasteiger partial charge in [0.15, 0.2) is 0 Å². The molecule has 4 rings (SSSR count). The molecule has 1 atom stereocenters. The van der Waals surface area contributed by atoms with Crippen LogP contribution in [0.15, 0.2) is 24.3 Å². The maximum atomic E-state index is 13.6. The lowest BCUT2D eigenvalue weighted by Gasteiger charge is -2.53. The third-order valence-corrected chi connectivity index (χ3v) is 7.05. The van der Waals surface area contributed by atoms with Gasteiger partial charge in [0.25, 0.3) is 5.91 Å². The third-order valence-electron chi connectivity index (χ3n) is 6.30. The zero-order chi connectivity index (χ0) is 20.4. The van der Waals surface area contributed by atoms with E-state index in [0.717, 1.165) is 55.5 Å². The molecule has 2 aliphatic rings. The van der Waals surface area contributed by atoms with Gasteiger partial charge >= 0.3 is 0 Å². The Morgan fingerprint density at radius 3 is 2.69 bits per heavy atom. The average molecular weight is 413 g/mol. The minimum atomic E-state index is -0.456. The second-order valence-corrected chi connectivity index (χ2v) is 9.29. The van der Waals surface area contributed by atoms with Crippen molar-refractivity contribution in [1.29, 1.82) is 0 Å². The number of carbonyl (C=O) groups excluding carboxylic acids is 2. The van der Waals surface area contributed by atoms with E-state index >= 15 is 0 Å². The van der Waals surface area contributed by atoms with E-state index in [1.54, 1.807) is 0 Å². The van der Waals surface area contributed by atoms with Crippen molar-refractivity contribution in [1.82, 2.24) is 15.1 Å². The summed E-state index contributed by atoms with van der Waals surface area (Å²) < 4.78 is 0. The van der Waals surface area contributed by atoms with Crippen LogP contribution in [0.5, 0.6) is 0 Å². The smallest absolute Gasteiger partial charge is 0.254 e. The predicted octanol–water partition coefficient (Wildman–Crippen LogP) is 4.53. The first-order chi connectivity index (χ1) is 14.1. The first-order valence-electron chi connectivity index (χ1n) is 10.6. The van der Waals surface area contributed by atoms with E-state index in [2.05, 4.69) is 22.4 Å². The zero-order valence-electron chi connectivity index (χ0n) is 17.1. The van der Waals surface area contributed by atoms with Crippen molar-refractivity contribution >= 4 is 28.3 Å². The van der Waals surface area contributed by atoms with Crippen LogP contribution in [0.25, 0.3) is 0 Å². The van der Waals surface area contributed by atoms with Crippen LogP contribution in [0.4, 0.5) is 5.13 Å². The average Bonchev–Trinajstić information content (AvgIpc) is 3.13. The molecule has 1 unspecified atom stereocenters. The molecule has 7 heteroatoms. The Morgan fingerprint density at radius 1 is 1.24 bits per heavy atom. The van der Waals surface area contributed by atoms with E-state index < -0.39 is 11.5 Å². The molecular weight excluding hydrogens is 384 g/mol. The lowest BCUT2D eigenvalue weighted by Crippen LogP contribution is -2.62. The highest BCUT2D eigenvalue weighted by Crippen LogP contribution is 2.49. The van der Waals surface area contributed by atoms with Crippen molar-refractivity contribution < 1.29 is 9.59 Å². The van der Waals surface area contributed by atoms with Gasteiger partial charge in [-0.1, -0.05) is 62.1 Å². The van der Waals surface area contributed by atoms with E-state index in [0.29, 0.717) is 17.2 Å². The van der Waals surface area contributed by atoms with Crippen molar-refractivity contribution in [3.05, 3.63) is 40.4 Å². The van der Waals surface area contributed by atoms with Gasteiger partial charge in [0.05, 0.1) is 11.5 Å².